The molecule has 0 bridgehead atoms. The lowest BCUT2D eigenvalue weighted by molar-refractivity contribution is 0.439. The van der Waals surface area contributed by atoms with Gasteiger partial charge in [-0.2, -0.15) is 0 Å². The average Bonchev–Trinajstić information content (AvgIpc) is 1.97. The summed E-state index contributed by atoms with van der Waals surface area (Å²) in [6, 6.07) is 1.31. The lowest BCUT2D eigenvalue weighted by Gasteiger charge is -2.00. The lowest BCUT2D eigenvalue weighted by atomic mass is 10.4. The highest BCUT2D eigenvalue weighted by Gasteiger charge is 1.87. The van der Waals surface area contributed by atoms with Gasteiger partial charge >= 0.3 is 0 Å². The van der Waals surface area contributed by atoms with E-state index in [4.69, 9.17) is 4.43 Å². The smallest absolute Gasteiger partial charge is 0.161 e. The van der Waals surface area contributed by atoms with Gasteiger partial charge in [0.05, 0.1) is 0 Å². The van der Waals surface area contributed by atoms with Crippen molar-refractivity contribution in [1.82, 2.24) is 5.32 Å². The molecule has 0 aliphatic carbocycles. The summed E-state index contributed by atoms with van der Waals surface area (Å²) < 4.78 is 5.06. The van der Waals surface area contributed by atoms with Gasteiger partial charge in [-0.3, -0.25) is 0 Å². The molecule has 0 saturated carbocycles. The van der Waals surface area contributed by atoms with Crippen molar-refractivity contribution in [3.8, 4) is 0 Å². The second kappa shape index (κ2) is 12.8. The molecule has 2 nitrogen and oxygen atoms in total. The highest BCUT2D eigenvalue weighted by atomic mass is 28.2. The van der Waals surface area contributed by atoms with Crippen LogP contribution < -0.4 is 5.32 Å². The molecular weight excluding hydrogens is 154 g/mol. The Morgan fingerprint density at radius 1 is 1.36 bits per heavy atom. The highest BCUT2D eigenvalue weighted by molar-refractivity contribution is 6.26. The second-order valence-corrected chi connectivity index (χ2v) is 4.14. The molecule has 0 radical (unpaired) electrons. The van der Waals surface area contributed by atoms with Crippen LogP contribution in [0.4, 0.5) is 0 Å². The fourth-order valence-electron chi connectivity index (χ4n) is 0.798. The fraction of sp³-hybridized carbons (Fsp3) is 1.00. The average molecular weight is 177 g/mol. The molecule has 0 aliphatic heterocycles. The Kier molecular flexibility index (Phi) is 15.9. The van der Waals surface area contributed by atoms with Crippen LogP contribution in [0.25, 0.3) is 0 Å². The summed E-state index contributed by atoms with van der Waals surface area (Å²) in [6.07, 6.45) is 2.53. The topological polar surface area (TPSA) is 21.3 Å². The third kappa shape index (κ3) is 13.2. The van der Waals surface area contributed by atoms with Gasteiger partial charge in [0.25, 0.3) is 0 Å². The minimum Gasteiger partial charge on any atom is -0.427 e. The summed E-state index contributed by atoms with van der Waals surface area (Å²) in [6.45, 7) is 4.52. The maximum Gasteiger partial charge on any atom is 0.161 e. The van der Waals surface area contributed by atoms with Gasteiger partial charge in [0.2, 0.25) is 0 Å². The first-order valence-corrected chi connectivity index (χ1v) is 5.69. The zero-order valence-electron chi connectivity index (χ0n) is 7.15. The van der Waals surface area contributed by atoms with E-state index < -0.39 is 0 Å². The summed E-state index contributed by atoms with van der Waals surface area (Å²) in [5.41, 5.74) is 0. The molecule has 0 heterocycles. The highest BCUT2D eigenvalue weighted by Crippen LogP contribution is 1.85. The third-order valence-electron chi connectivity index (χ3n) is 1.38. The van der Waals surface area contributed by atoms with E-state index in [1.54, 1.807) is 0 Å². The first kappa shape index (κ1) is 13.7. The number of rotatable bonds is 7. The standard InChI is InChI=1S/C7H19NOSi.CH4/c1-3-5-8-6-4-7-10-9-2;/h8H,3-7,10H2,1-2H3;1H4. The van der Waals surface area contributed by atoms with Gasteiger partial charge in [-0.15, -0.1) is 0 Å². The van der Waals surface area contributed by atoms with Crippen LogP contribution in [0.1, 0.15) is 27.2 Å². The van der Waals surface area contributed by atoms with Gasteiger partial charge in [0.1, 0.15) is 0 Å². The Morgan fingerprint density at radius 3 is 2.64 bits per heavy atom. The molecule has 70 valence electrons. The Hall–Kier alpha value is 0.137. The number of hydrogen-bond donors (Lipinski definition) is 1. The molecule has 0 aromatic rings. The summed E-state index contributed by atoms with van der Waals surface area (Å²) >= 11 is 0. The van der Waals surface area contributed by atoms with Gasteiger partial charge < -0.3 is 9.74 Å². The quantitative estimate of drug-likeness (QED) is 0.465. The molecule has 1 N–H and O–H groups in total. The molecular formula is C8H23NOSi. The first-order valence-electron chi connectivity index (χ1n) is 4.11. The van der Waals surface area contributed by atoms with Gasteiger partial charge in [-0.25, -0.2) is 0 Å². The van der Waals surface area contributed by atoms with E-state index in [0.717, 1.165) is 6.54 Å². The second-order valence-electron chi connectivity index (χ2n) is 2.45. The van der Waals surface area contributed by atoms with E-state index in [-0.39, 0.29) is 17.2 Å². The normalized spacial score (nSPS) is 10.4. The summed E-state index contributed by atoms with van der Waals surface area (Å²) in [7, 11) is 1.66. The minimum atomic E-state index is -0.153. The van der Waals surface area contributed by atoms with Crippen molar-refractivity contribution in [2.75, 3.05) is 20.2 Å². The lowest BCUT2D eigenvalue weighted by Crippen LogP contribution is -2.16. The molecule has 0 atom stereocenters. The van der Waals surface area contributed by atoms with E-state index in [0.29, 0.717) is 0 Å². The van der Waals surface area contributed by atoms with E-state index in [1.165, 1.54) is 25.4 Å². The molecule has 0 unspecified atom stereocenters. The molecule has 3 heteroatoms. The summed E-state index contributed by atoms with van der Waals surface area (Å²) in [4.78, 5) is 0. The van der Waals surface area contributed by atoms with E-state index in [2.05, 4.69) is 12.2 Å². The predicted octanol–water partition coefficient (Wildman–Crippen LogP) is 1.16. The molecule has 0 saturated heterocycles. The maximum atomic E-state index is 5.06. The Bertz CT molecular complexity index is 54.1. The van der Waals surface area contributed by atoms with Crippen molar-refractivity contribution in [2.45, 2.75) is 33.2 Å². The zero-order chi connectivity index (χ0) is 7.66. The Balaban J connectivity index is 0. The molecule has 0 amide bonds. The van der Waals surface area contributed by atoms with Crippen LogP contribution in [-0.4, -0.2) is 30.0 Å². The minimum absolute atomic E-state index is 0. The molecule has 0 rings (SSSR count). The maximum absolute atomic E-state index is 5.06. The Labute approximate surface area is 73.7 Å². The van der Waals surface area contributed by atoms with E-state index in [1.807, 2.05) is 7.11 Å². The van der Waals surface area contributed by atoms with Crippen LogP contribution >= 0.6 is 0 Å². The van der Waals surface area contributed by atoms with Crippen LogP contribution in [0.3, 0.4) is 0 Å². The predicted molar refractivity (Wildman–Crippen MR) is 54.9 cm³/mol. The summed E-state index contributed by atoms with van der Waals surface area (Å²) in [5.74, 6) is 0. The van der Waals surface area contributed by atoms with Gasteiger partial charge in [-0.1, -0.05) is 14.4 Å². The van der Waals surface area contributed by atoms with Gasteiger partial charge in [-0.05, 0) is 32.0 Å². The number of nitrogens with one attached hydrogen (secondary N) is 1. The molecule has 0 spiro atoms. The third-order valence-corrected chi connectivity index (χ3v) is 2.58. The van der Waals surface area contributed by atoms with E-state index in [9.17, 15) is 0 Å². The zero-order valence-corrected chi connectivity index (χ0v) is 8.57. The van der Waals surface area contributed by atoms with Gasteiger partial charge in [0, 0.05) is 7.11 Å². The van der Waals surface area contributed by atoms with Crippen molar-refractivity contribution in [3.05, 3.63) is 0 Å². The van der Waals surface area contributed by atoms with E-state index >= 15 is 0 Å². The van der Waals surface area contributed by atoms with Gasteiger partial charge in [0.15, 0.2) is 9.76 Å². The molecule has 11 heavy (non-hydrogen) atoms. The monoisotopic (exact) mass is 177 g/mol. The Morgan fingerprint density at radius 2 is 2.09 bits per heavy atom. The summed E-state index contributed by atoms with van der Waals surface area (Å²) in [5, 5.41) is 3.36. The fourth-order valence-corrected chi connectivity index (χ4v) is 1.54. The van der Waals surface area contributed by atoms with Crippen molar-refractivity contribution >= 4 is 9.76 Å². The van der Waals surface area contributed by atoms with Crippen molar-refractivity contribution < 1.29 is 4.43 Å². The van der Waals surface area contributed by atoms with Crippen LogP contribution in [0, 0.1) is 0 Å². The van der Waals surface area contributed by atoms with Crippen LogP contribution in [-0.2, 0) is 4.43 Å². The molecule has 0 aliphatic rings. The van der Waals surface area contributed by atoms with Crippen molar-refractivity contribution in [2.24, 2.45) is 0 Å². The van der Waals surface area contributed by atoms with Crippen molar-refractivity contribution in [1.29, 1.82) is 0 Å². The van der Waals surface area contributed by atoms with Crippen LogP contribution in [0.5, 0.6) is 0 Å². The molecule has 0 aromatic heterocycles. The SMILES string of the molecule is C.CCCNCCC[SiH2]OC. The van der Waals surface area contributed by atoms with Crippen molar-refractivity contribution in [3.63, 3.8) is 0 Å². The number of hydrogen-bond acceptors (Lipinski definition) is 2. The molecule has 0 fully saturated rings. The first-order chi connectivity index (χ1) is 4.91. The van der Waals surface area contributed by atoms with Crippen LogP contribution in [0.2, 0.25) is 6.04 Å². The largest absolute Gasteiger partial charge is 0.427 e. The molecule has 0 aromatic carbocycles. The van der Waals surface area contributed by atoms with Crippen LogP contribution in [0.15, 0.2) is 0 Å².